The third-order valence-corrected chi connectivity index (χ3v) is 18.9. The molecule has 0 spiro atoms. The molecule has 8 rings (SSSR count). The van der Waals surface area contributed by atoms with Crippen molar-refractivity contribution in [2.75, 3.05) is 0 Å². The van der Waals surface area contributed by atoms with Crippen molar-refractivity contribution in [3.05, 3.63) is 106 Å². The second-order valence-corrected chi connectivity index (χ2v) is 26.1. The summed E-state index contributed by atoms with van der Waals surface area (Å²) in [6, 6.07) is 17.8. The van der Waals surface area contributed by atoms with Gasteiger partial charge in [-0.3, -0.25) is 19.2 Å². The third-order valence-electron chi connectivity index (χ3n) is 18.6. The van der Waals surface area contributed by atoms with Crippen LogP contribution in [0.2, 0.25) is 0 Å². The SMILES string of the molecule is C.C.CCCCC(CC)C(=O)Cl.CCCCC(CC)C(=O)Oc1ccc(-c2nc(-c3ccc(OC(=O)C(CC)CCCC)c(C)c3O)nc(-c3ccc(OC(=O)C(CC)CCCC)c(C)c3O)n2)c(O)c1C.Cc1c(O)ccc(-c2nc(-c3ccc(O)c(C)c3O)nc(-c3ccc(O)c(C)c3O)n2)c1O. The number of halogens is 1. The molecule has 9 N–H and O–H groups in total. The number of hydrogen-bond donors (Lipinski definition) is 9. The summed E-state index contributed by atoms with van der Waals surface area (Å²) in [4.78, 5) is 77.2. The standard InChI is InChI=1S/C48H63N3O9.C24H21N3O6.C8H15ClO.2CH4/c1-10-16-19-31(13-4)46(55)58-37-25-22-34(40(52)28(37)7)43-49-44(35-23-26-38(29(8)41(35)53)59-47(56)32(14-5)20-17-11-2)51-45(50-43)36-24-27-39(30(9)42(36)54)60-48(57)33(15-6)21-18-12-3;1-10-16(28)7-4-13(19(10)31)22-25-23(14-5-8-17(29)11(2)20(14)32)27-24(26-22)15-6-9-18(30)12(3)21(15)33;1-3-5-6-7(4-2)8(9)10;;/h22-27,31-33,52-54H,10-21H2,1-9H3;4-9,28-33H,1-3H3;7H,3-6H2,1-2H3;2*1H4. The lowest BCUT2D eigenvalue weighted by atomic mass is 9.99. The summed E-state index contributed by atoms with van der Waals surface area (Å²) in [5.74, 6) is -2.98. The maximum atomic E-state index is 13.1. The Morgan fingerprint density at radius 1 is 0.314 bits per heavy atom. The molecule has 4 atom stereocenters. The summed E-state index contributed by atoms with van der Waals surface area (Å²) in [5, 5.41) is 96.1. The molecule has 6 aromatic carbocycles. The molecule has 0 bridgehead atoms. The van der Waals surface area contributed by atoms with Crippen molar-refractivity contribution in [1.82, 2.24) is 29.9 Å². The lowest BCUT2D eigenvalue weighted by Gasteiger charge is -2.18. The van der Waals surface area contributed by atoms with Crippen molar-refractivity contribution >= 4 is 34.8 Å². The highest BCUT2D eigenvalue weighted by atomic mass is 35.5. The maximum absolute atomic E-state index is 13.1. The Labute approximate surface area is 622 Å². The summed E-state index contributed by atoms with van der Waals surface area (Å²) in [6.07, 6.45) is 13.6. The number of aromatic hydroxyl groups is 9. The molecule has 0 aliphatic rings. The highest BCUT2D eigenvalue weighted by Gasteiger charge is 2.29. The summed E-state index contributed by atoms with van der Waals surface area (Å²) < 4.78 is 17.3. The highest BCUT2D eigenvalue weighted by Crippen LogP contribution is 2.45. The Kier molecular flexibility index (Phi) is 34.0. The molecular weight excluding hydrogens is 1360 g/mol. The van der Waals surface area contributed by atoms with Crippen LogP contribution < -0.4 is 14.2 Å². The smallest absolute Gasteiger partial charge is 0.314 e. The van der Waals surface area contributed by atoms with E-state index in [-0.39, 0.29) is 232 Å². The predicted molar refractivity (Wildman–Crippen MR) is 410 cm³/mol. The van der Waals surface area contributed by atoms with Gasteiger partial charge in [0.25, 0.3) is 0 Å². The van der Waals surface area contributed by atoms with Gasteiger partial charge in [0.15, 0.2) is 34.9 Å². The largest absolute Gasteiger partial charge is 0.508 e. The van der Waals surface area contributed by atoms with Gasteiger partial charge in [0.1, 0.15) is 69.0 Å². The van der Waals surface area contributed by atoms with Gasteiger partial charge in [-0.15, -0.1) is 0 Å². The number of ether oxygens (including phenoxy) is 3. The zero-order valence-corrected chi connectivity index (χ0v) is 62.3. The Morgan fingerprint density at radius 3 is 0.695 bits per heavy atom. The lowest BCUT2D eigenvalue weighted by molar-refractivity contribution is -0.140. The molecule has 0 saturated heterocycles. The van der Waals surface area contributed by atoms with Gasteiger partial charge in [-0.1, -0.05) is 122 Å². The quantitative estimate of drug-likeness (QED) is 0.0119. The van der Waals surface area contributed by atoms with Gasteiger partial charge in [-0.25, -0.2) is 29.9 Å². The first-order chi connectivity index (χ1) is 49.1. The normalized spacial score (nSPS) is 12.0. The van der Waals surface area contributed by atoms with Gasteiger partial charge in [-0.05, 0) is 177 Å². The van der Waals surface area contributed by atoms with Crippen LogP contribution in [0.1, 0.15) is 206 Å². The first kappa shape index (κ1) is 87.3. The van der Waals surface area contributed by atoms with E-state index in [9.17, 15) is 65.1 Å². The molecule has 568 valence electrons. The Balaban J connectivity index is 0.000000431. The molecule has 0 radical (unpaired) electrons. The van der Waals surface area contributed by atoms with Crippen LogP contribution in [0, 0.1) is 65.2 Å². The molecule has 0 saturated carbocycles. The van der Waals surface area contributed by atoms with Crippen LogP contribution >= 0.6 is 11.6 Å². The molecule has 2 aromatic heterocycles. The molecule has 8 aromatic rings. The minimum absolute atomic E-state index is 0. The topological polar surface area (TPSA) is 355 Å². The molecule has 0 amide bonds. The van der Waals surface area contributed by atoms with Gasteiger partial charge in [0, 0.05) is 39.3 Å². The number of hydrogen-bond acceptors (Lipinski definition) is 22. The summed E-state index contributed by atoms with van der Waals surface area (Å²) >= 11 is 5.34. The summed E-state index contributed by atoms with van der Waals surface area (Å²) in [5.41, 5.74) is 2.65. The van der Waals surface area contributed by atoms with E-state index < -0.39 is 0 Å². The number of nitrogens with zero attached hydrogens (tertiary/aromatic N) is 6. The van der Waals surface area contributed by atoms with Gasteiger partial charge >= 0.3 is 17.9 Å². The zero-order chi connectivity index (χ0) is 76.1. The second kappa shape index (κ2) is 40.8. The van der Waals surface area contributed by atoms with Crippen LogP contribution in [0.25, 0.3) is 68.3 Å². The van der Waals surface area contributed by atoms with Gasteiger partial charge in [0.2, 0.25) is 5.24 Å². The predicted octanol–water partition coefficient (Wildman–Crippen LogP) is 19.6. The van der Waals surface area contributed by atoms with E-state index in [0.29, 0.717) is 38.5 Å². The van der Waals surface area contributed by atoms with E-state index in [1.165, 1.54) is 75.4 Å². The molecule has 0 aliphatic heterocycles. The molecule has 22 nitrogen and oxygen atoms in total. The van der Waals surface area contributed by atoms with E-state index in [0.717, 1.165) is 64.2 Å². The fourth-order valence-electron chi connectivity index (χ4n) is 11.3. The molecule has 4 unspecified atom stereocenters. The zero-order valence-electron chi connectivity index (χ0n) is 61.5. The molecular formula is C82H107ClN6O16. The van der Waals surface area contributed by atoms with Crippen LogP contribution in [0.15, 0.2) is 72.8 Å². The average molecular weight is 1470 g/mol. The van der Waals surface area contributed by atoms with E-state index in [1.807, 2.05) is 27.7 Å². The first-order valence-electron chi connectivity index (χ1n) is 35.5. The van der Waals surface area contributed by atoms with Crippen molar-refractivity contribution in [2.24, 2.45) is 23.7 Å². The van der Waals surface area contributed by atoms with Crippen LogP contribution in [0.3, 0.4) is 0 Å². The van der Waals surface area contributed by atoms with Gasteiger partial charge in [-0.2, -0.15) is 0 Å². The number of esters is 3. The molecule has 23 heteroatoms. The van der Waals surface area contributed by atoms with Crippen molar-refractivity contribution in [3.8, 4) is 137 Å². The minimum atomic E-state index is -0.372. The second-order valence-electron chi connectivity index (χ2n) is 25.7. The molecule has 2 heterocycles. The Bertz CT molecular complexity index is 3880. The number of phenols is 9. The van der Waals surface area contributed by atoms with E-state index in [1.54, 1.807) is 39.0 Å². The summed E-state index contributed by atoms with van der Waals surface area (Å²) in [6.45, 7) is 25.6. The number of phenolic OH excluding ortho intramolecular Hbond substituents is 9. The average Bonchev–Trinajstić information content (AvgIpc) is 0.780. The minimum Gasteiger partial charge on any atom is -0.508 e. The van der Waals surface area contributed by atoms with E-state index in [2.05, 4.69) is 57.6 Å². The van der Waals surface area contributed by atoms with Crippen LogP contribution in [-0.4, -0.2) is 99.0 Å². The molecule has 105 heavy (non-hydrogen) atoms. The van der Waals surface area contributed by atoms with E-state index >= 15 is 0 Å². The number of carbonyl (C=O) groups excluding carboxylic acids is 4. The summed E-state index contributed by atoms with van der Waals surface area (Å²) in [7, 11) is 0. The number of carbonyl (C=O) groups is 4. The fourth-order valence-corrected chi connectivity index (χ4v) is 11.6. The van der Waals surface area contributed by atoms with Crippen molar-refractivity contribution in [2.45, 2.75) is 215 Å². The van der Waals surface area contributed by atoms with Crippen molar-refractivity contribution in [1.29, 1.82) is 0 Å². The molecule has 0 aliphatic carbocycles. The van der Waals surface area contributed by atoms with Crippen molar-refractivity contribution < 1.29 is 79.3 Å². The maximum Gasteiger partial charge on any atom is 0.314 e. The van der Waals surface area contributed by atoms with Crippen LogP contribution in [0.5, 0.6) is 69.0 Å². The Morgan fingerprint density at radius 2 is 0.505 bits per heavy atom. The number of rotatable bonds is 29. The lowest BCUT2D eigenvalue weighted by Crippen LogP contribution is -2.20. The third kappa shape index (κ3) is 21.5. The monoisotopic (exact) mass is 1470 g/mol. The van der Waals surface area contributed by atoms with Crippen molar-refractivity contribution in [3.63, 3.8) is 0 Å². The van der Waals surface area contributed by atoms with Crippen LogP contribution in [0.4, 0.5) is 0 Å². The number of benzene rings is 6. The molecule has 0 fully saturated rings. The van der Waals surface area contributed by atoms with E-state index in [4.69, 9.17) is 25.8 Å². The van der Waals surface area contributed by atoms with Crippen LogP contribution in [-0.2, 0) is 19.2 Å². The highest BCUT2D eigenvalue weighted by molar-refractivity contribution is 6.64. The fraction of sp³-hybridized carbons (Fsp3) is 0.439. The van der Waals surface area contributed by atoms with Gasteiger partial charge in [0.05, 0.1) is 51.1 Å². The Hall–Kier alpha value is -10.1. The van der Waals surface area contributed by atoms with Gasteiger partial charge < -0.3 is 60.2 Å². The number of aromatic nitrogens is 6. The first-order valence-corrected chi connectivity index (χ1v) is 35.8. The number of unbranched alkanes of at least 4 members (excludes halogenated alkanes) is 4.